The highest BCUT2D eigenvalue weighted by Gasteiger charge is 2.20. The van der Waals surface area contributed by atoms with Crippen molar-refractivity contribution in [1.29, 1.82) is 0 Å². The van der Waals surface area contributed by atoms with Gasteiger partial charge >= 0.3 is 0 Å². The number of amides is 1. The number of carbonyl (C=O) groups is 1. The van der Waals surface area contributed by atoms with Crippen LogP contribution in [0.25, 0.3) is 11.0 Å². The number of fused-ring (bicyclic) bond motifs is 1. The molecule has 22 heavy (non-hydrogen) atoms. The summed E-state index contributed by atoms with van der Waals surface area (Å²) in [6, 6.07) is 11.8. The zero-order valence-electron chi connectivity index (χ0n) is 12.6. The van der Waals surface area contributed by atoms with Gasteiger partial charge in [0.25, 0.3) is 5.91 Å². The molecule has 0 aliphatic carbocycles. The predicted octanol–water partition coefficient (Wildman–Crippen LogP) is 3.53. The molecule has 0 radical (unpaired) electrons. The van der Waals surface area contributed by atoms with E-state index in [2.05, 4.69) is 5.32 Å². The number of hydrogen-bond donors (Lipinski definition) is 1. The van der Waals surface area contributed by atoms with Gasteiger partial charge in [-0.25, -0.2) is 0 Å². The lowest BCUT2D eigenvalue weighted by Crippen LogP contribution is -2.34. The Kier molecular flexibility index (Phi) is 4.27. The van der Waals surface area contributed by atoms with Crippen molar-refractivity contribution in [1.82, 2.24) is 10.2 Å². The summed E-state index contributed by atoms with van der Waals surface area (Å²) < 4.78 is 5.92. The van der Waals surface area contributed by atoms with E-state index < -0.39 is 0 Å². The van der Waals surface area contributed by atoms with Crippen molar-refractivity contribution in [2.75, 3.05) is 20.6 Å². The van der Waals surface area contributed by atoms with Crippen LogP contribution in [0, 0.1) is 0 Å². The molecule has 0 fully saturated rings. The lowest BCUT2D eigenvalue weighted by atomic mass is 10.1. The second kappa shape index (κ2) is 6.34. The molecular formula is C17H18N2O2S. The number of carbonyl (C=O) groups excluding carboxylic acids is 1. The lowest BCUT2D eigenvalue weighted by Gasteiger charge is -2.22. The second-order valence-electron chi connectivity index (χ2n) is 5.39. The Morgan fingerprint density at radius 1 is 1.32 bits per heavy atom. The highest BCUT2D eigenvalue weighted by molar-refractivity contribution is 7.08. The van der Waals surface area contributed by atoms with Gasteiger partial charge in [0.2, 0.25) is 0 Å². The number of nitrogens with one attached hydrogen (secondary N) is 1. The molecule has 0 saturated heterocycles. The summed E-state index contributed by atoms with van der Waals surface area (Å²) in [7, 11) is 3.96. The van der Waals surface area contributed by atoms with E-state index in [1.165, 1.54) is 11.3 Å². The molecule has 1 aromatic carbocycles. The first-order valence-corrected chi connectivity index (χ1v) is 8.05. The fourth-order valence-electron chi connectivity index (χ4n) is 2.39. The van der Waals surface area contributed by atoms with Crippen molar-refractivity contribution in [3.63, 3.8) is 0 Å². The second-order valence-corrected chi connectivity index (χ2v) is 6.17. The average Bonchev–Trinajstić information content (AvgIpc) is 3.16. The molecule has 2 heterocycles. The van der Waals surface area contributed by atoms with Crippen molar-refractivity contribution in [2.24, 2.45) is 0 Å². The van der Waals surface area contributed by atoms with Gasteiger partial charge in [-0.1, -0.05) is 18.2 Å². The van der Waals surface area contributed by atoms with E-state index in [1.807, 2.05) is 66.2 Å². The standard InChI is InChI=1S/C17H18N2O2S/c1-19(2)14(10-18-17(20)13-7-8-22-11-13)16-9-12-5-3-4-6-15(12)21-16/h3-9,11,14H,10H2,1-2H3,(H,18,20)/t14-/m1/s1. The zero-order chi connectivity index (χ0) is 15.5. The highest BCUT2D eigenvalue weighted by Crippen LogP contribution is 2.26. The van der Waals surface area contributed by atoms with E-state index >= 15 is 0 Å². The van der Waals surface area contributed by atoms with E-state index in [0.717, 1.165) is 16.7 Å². The summed E-state index contributed by atoms with van der Waals surface area (Å²) in [4.78, 5) is 14.1. The maximum absolute atomic E-state index is 12.1. The van der Waals surface area contributed by atoms with E-state index in [0.29, 0.717) is 12.1 Å². The topological polar surface area (TPSA) is 45.5 Å². The Morgan fingerprint density at radius 2 is 2.14 bits per heavy atom. The fourth-order valence-corrected chi connectivity index (χ4v) is 3.03. The Balaban J connectivity index is 1.76. The largest absolute Gasteiger partial charge is 0.459 e. The minimum Gasteiger partial charge on any atom is -0.459 e. The summed E-state index contributed by atoms with van der Waals surface area (Å²) in [6.07, 6.45) is 0. The SMILES string of the molecule is CN(C)[C@H](CNC(=O)c1ccsc1)c1cc2ccccc2o1. The molecule has 2 aromatic heterocycles. The van der Waals surface area contributed by atoms with Crippen LogP contribution < -0.4 is 5.32 Å². The monoisotopic (exact) mass is 314 g/mol. The molecule has 0 spiro atoms. The van der Waals surface area contributed by atoms with Crippen molar-refractivity contribution < 1.29 is 9.21 Å². The summed E-state index contributed by atoms with van der Waals surface area (Å²) >= 11 is 1.52. The number of hydrogen-bond acceptors (Lipinski definition) is 4. The Bertz CT molecular complexity index is 729. The van der Waals surface area contributed by atoms with Crippen molar-refractivity contribution in [2.45, 2.75) is 6.04 Å². The molecular weight excluding hydrogens is 296 g/mol. The van der Waals surface area contributed by atoms with Gasteiger partial charge in [0.05, 0.1) is 6.04 Å². The minimum absolute atomic E-state index is 0.00464. The van der Waals surface area contributed by atoms with Gasteiger partial charge in [-0.3, -0.25) is 9.69 Å². The fraction of sp³-hybridized carbons (Fsp3) is 0.235. The van der Waals surface area contributed by atoms with Gasteiger partial charge in [-0.2, -0.15) is 11.3 Å². The molecule has 0 bridgehead atoms. The van der Waals surface area contributed by atoms with E-state index in [4.69, 9.17) is 4.42 Å². The zero-order valence-corrected chi connectivity index (χ0v) is 13.4. The van der Waals surface area contributed by atoms with E-state index in [1.54, 1.807) is 0 Å². The average molecular weight is 314 g/mol. The number of benzene rings is 1. The normalized spacial score (nSPS) is 12.7. The molecule has 0 saturated carbocycles. The number of nitrogens with zero attached hydrogens (tertiary/aromatic N) is 1. The van der Waals surface area contributed by atoms with Crippen LogP contribution in [0.5, 0.6) is 0 Å². The van der Waals surface area contributed by atoms with Crippen molar-refractivity contribution >= 4 is 28.2 Å². The van der Waals surface area contributed by atoms with Crippen LogP contribution in [-0.4, -0.2) is 31.4 Å². The van der Waals surface area contributed by atoms with Gasteiger partial charge < -0.3 is 9.73 Å². The van der Waals surface area contributed by atoms with Crippen LogP contribution in [0.1, 0.15) is 22.2 Å². The van der Waals surface area contributed by atoms with Crippen LogP contribution in [0.3, 0.4) is 0 Å². The number of rotatable bonds is 5. The molecule has 3 aromatic rings. The molecule has 5 heteroatoms. The van der Waals surface area contributed by atoms with Gasteiger partial charge in [0.1, 0.15) is 11.3 Å². The third-order valence-electron chi connectivity index (χ3n) is 3.64. The molecule has 1 N–H and O–H groups in total. The van der Waals surface area contributed by atoms with Gasteiger partial charge in [-0.05, 0) is 37.7 Å². The number of thiophene rings is 1. The smallest absolute Gasteiger partial charge is 0.252 e. The van der Waals surface area contributed by atoms with Crippen molar-refractivity contribution in [3.05, 3.63) is 58.5 Å². The maximum atomic E-state index is 12.1. The predicted molar refractivity (Wildman–Crippen MR) is 89.3 cm³/mol. The quantitative estimate of drug-likeness (QED) is 0.783. The Labute approximate surface area is 133 Å². The minimum atomic E-state index is -0.0517. The van der Waals surface area contributed by atoms with Gasteiger partial charge in [0, 0.05) is 22.9 Å². The van der Waals surface area contributed by atoms with E-state index in [-0.39, 0.29) is 11.9 Å². The Hall–Kier alpha value is -2.11. The molecule has 4 nitrogen and oxygen atoms in total. The third kappa shape index (κ3) is 3.05. The summed E-state index contributed by atoms with van der Waals surface area (Å²) in [5.41, 5.74) is 1.57. The first-order valence-electron chi connectivity index (χ1n) is 7.10. The van der Waals surface area contributed by atoms with Gasteiger partial charge in [-0.15, -0.1) is 0 Å². The first-order chi connectivity index (χ1) is 10.6. The van der Waals surface area contributed by atoms with Crippen LogP contribution >= 0.6 is 11.3 Å². The molecule has 3 rings (SSSR count). The number of para-hydroxylation sites is 1. The molecule has 114 valence electrons. The molecule has 0 aliphatic heterocycles. The summed E-state index contributed by atoms with van der Waals surface area (Å²) in [5, 5.41) is 7.80. The number of furan rings is 1. The summed E-state index contributed by atoms with van der Waals surface area (Å²) in [6.45, 7) is 0.501. The van der Waals surface area contributed by atoms with Gasteiger partial charge in [0.15, 0.2) is 0 Å². The van der Waals surface area contributed by atoms with Crippen LogP contribution in [0.2, 0.25) is 0 Å². The van der Waals surface area contributed by atoms with Crippen LogP contribution in [0.4, 0.5) is 0 Å². The van der Waals surface area contributed by atoms with Crippen LogP contribution in [0.15, 0.2) is 51.6 Å². The highest BCUT2D eigenvalue weighted by atomic mass is 32.1. The lowest BCUT2D eigenvalue weighted by molar-refractivity contribution is 0.0940. The first kappa shape index (κ1) is 14.8. The Morgan fingerprint density at radius 3 is 2.82 bits per heavy atom. The van der Waals surface area contributed by atoms with Crippen LogP contribution in [-0.2, 0) is 0 Å². The molecule has 1 atom stereocenters. The molecule has 0 aliphatic rings. The maximum Gasteiger partial charge on any atom is 0.252 e. The van der Waals surface area contributed by atoms with Crippen molar-refractivity contribution in [3.8, 4) is 0 Å². The summed E-state index contributed by atoms with van der Waals surface area (Å²) in [5.74, 6) is 0.807. The molecule has 1 amide bonds. The third-order valence-corrected chi connectivity index (χ3v) is 4.32. The van der Waals surface area contributed by atoms with E-state index in [9.17, 15) is 4.79 Å². The molecule has 0 unspecified atom stereocenters. The number of likely N-dealkylation sites (N-methyl/N-ethyl adjacent to an activating group) is 1.